The van der Waals surface area contributed by atoms with Crippen LogP contribution in [0.4, 0.5) is 0 Å². The number of unbranched alkanes of at least 4 members (excludes halogenated alkanes) is 2. The first-order chi connectivity index (χ1) is 21.1. The van der Waals surface area contributed by atoms with Crippen molar-refractivity contribution in [3.8, 4) is 17.2 Å². The third-order valence-corrected chi connectivity index (χ3v) is 8.89. The lowest BCUT2D eigenvalue weighted by Crippen LogP contribution is -2.45. The van der Waals surface area contributed by atoms with Gasteiger partial charge in [-0.1, -0.05) is 37.6 Å². The molecule has 2 aliphatic rings. The summed E-state index contributed by atoms with van der Waals surface area (Å²) in [6.45, 7) is 6.33. The molecule has 2 aliphatic heterocycles. The van der Waals surface area contributed by atoms with Gasteiger partial charge in [0.2, 0.25) is 5.91 Å². The van der Waals surface area contributed by atoms with Gasteiger partial charge in [-0.3, -0.25) is 14.5 Å². The Morgan fingerprint density at radius 1 is 1.07 bits per heavy atom. The largest absolute Gasteiger partial charge is 0.493 e. The molecule has 2 heterocycles. The minimum Gasteiger partial charge on any atom is -0.493 e. The molecule has 1 saturated heterocycles. The van der Waals surface area contributed by atoms with Crippen LogP contribution in [0, 0.1) is 5.92 Å². The van der Waals surface area contributed by atoms with Gasteiger partial charge < -0.3 is 28.7 Å². The molecule has 0 spiro atoms. The van der Waals surface area contributed by atoms with E-state index in [1.807, 2.05) is 41.3 Å². The summed E-state index contributed by atoms with van der Waals surface area (Å²) in [6, 6.07) is 13.2. The number of carboxylic acid groups (broad SMARTS) is 1. The van der Waals surface area contributed by atoms with E-state index in [-0.39, 0.29) is 24.4 Å². The van der Waals surface area contributed by atoms with Crippen molar-refractivity contribution >= 4 is 11.9 Å². The lowest BCUT2D eigenvalue weighted by molar-refractivity contribution is -0.870. The Hall–Kier alpha value is -3.30. The van der Waals surface area contributed by atoms with Crippen LogP contribution < -0.4 is 14.2 Å². The molecule has 0 radical (unpaired) electrons. The van der Waals surface area contributed by atoms with E-state index in [2.05, 4.69) is 39.0 Å². The molecular formula is C35H52N3O6+. The Morgan fingerprint density at radius 3 is 2.52 bits per heavy atom. The average Bonchev–Trinajstić information content (AvgIpc) is 3.60. The molecule has 1 fully saturated rings. The molecule has 1 amide bonds. The van der Waals surface area contributed by atoms with E-state index in [1.165, 1.54) is 0 Å². The van der Waals surface area contributed by atoms with Crippen LogP contribution >= 0.6 is 0 Å². The van der Waals surface area contributed by atoms with E-state index in [4.69, 9.17) is 14.2 Å². The highest BCUT2D eigenvalue weighted by Crippen LogP contribution is 2.41. The van der Waals surface area contributed by atoms with Gasteiger partial charge in [-0.15, -0.1) is 0 Å². The number of quaternary nitrogens is 1. The Kier molecular flexibility index (Phi) is 11.9. The van der Waals surface area contributed by atoms with Crippen LogP contribution in [0.15, 0.2) is 42.5 Å². The standard InChI is InChI=1S/C35H51N3O6/c1-6-7-18-36(19-10-11-20-38(2,3)4)33(39)25-37-24-28(26-14-15-30-27(23-26)16-21-43-30)34(35(40)41)29(37)17-22-44-32-13-9-8-12-31(32)42-5/h8-9,12-15,23,28-29,34H,6-7,10-11,16-22,24-25H2,1-5H3/p+1/t28-,29+,34-/m1/s1. The molecule has 0 unspecified atom stereocenters. The number of carbonyl (C=O) groups excluding carboxylic acids is 1. The van der Waals surface area contributed by atoms with E-state index in [1.54, 1.807) is 7.11 Å². The van der Waals surface area contributed by atoms with Gasteiger partial charge in [0.25, 0.3) is 0 Å². The molecule has 9 nitrogen and oxygen atoms in total. The van der Waals surface area contributed by atoms with Crippen molar-refractivity contribution in [1.29, 1.82) is 0 Å². The summed E-state index contributed by atoms with van der Waals surface area (Å²) >= 11 is 0. The van der Waals surface area contributed by atoms with Crippen LogP contribution in [-0.2, 0) is 16.0 Å². The molecule has 1 N–H and O–H groups in total. The predicted molar refractivity (Wildman–Crippen MR) is 172 cm³/mol. The lowest BCUT2D eigenvalue weighted by Gasteiger charge is -2.30. The number of para-hydroxylation sites is 2. The molecule has 242 valence electrons. The molecule has 3 atom stereocenters. The van der Waals surface area contributed by atoms with E-state index >= 15 is 0 Å². The summed E-state index contributed by atoms with van der Waals surface area (Å²) in [5, 5.41) is 10.6. The number of amides is 1. The number of hydrogen-bond donors (Lipinski definition) is 1. The van der Waals surface area contributed by atoms with Crippen molar-refractivity contribution in [3.63, 3.8) is 0 Å². The Morgan fingerprint density at radius 2 is 1.82 bits per heavy atom. The van der Waals surface area contributed by atoms with Crippen molar-refractivity contribution in [3.05, 3.63) is 53.6 Å². The molecule has 9 heteroatoms. The quantitative estimate of drug-likeness (QED) is 0.206. The molecular weight excluding hydrogens is 558 g/mol. The summed E-state index contributed by atoms with van der Waals surface area (Å²) in [5.41, 5.74) is 2.12. The predicted octanol–water partition coefficient (Wildman–Crippen LogP) is 4.68. The highest BCUT2D eigenvalue weighted by Gasteiger charge is 2.47. The van der Waals surface area contributed by atoms with Crippen molar-refractivity contribution < 1.29 is 33.4 Å². The number of fused-ring (bicyclic) bond motifs is 1. The fourth-order valence-electron chi connectivity index (χ4n) is 6.53. The third-order valence-electron chi connectivity index (χ3n) is 8.89. The maximum absolute atomic E-state index is 13.9. The highest BCUT2D eigenvalue weighted by molar-refractivity contribution is 5.79. The molecule has 0 saturated carbocycles. The van der Waals surface area contributed by atoms with Crippen LogP contribution in [0.3, 0.4) is 0 Å². The molecule has 2 aromatic carbocycles. The van der Waals surface area contributed by atoms with Gasteiger partial charge in [-0.05, 0) is 55.0 Å². The first-order valence-corrected chi connectivity index (χ1v) is 16.2. The van der Waals surface area contributed by atoms with Crippen molar-refractivity contribution in [1.82, 2.24) is 9.80 Å². The van der Waals surface area contributed by atoms with Crippen LogP contribution in [0.5, 0.6) is 17.2 Å². The Labute approximate surface area is 263 Å². The fourth-order valence-corrected chi connectivity index (χ4v) is 6.53. The van der Waals surface area contributed by atoms with Gasteiger partial charge >= 0.3 is 5.97 Å². The smallest absolute Gasteiger partial charge is 0.308 e. The van der Waals surface area contributed by atoms with Gasteiger partial charge in [-0.2, -0.15) is 0 Å². The second-order valence-electron chi connectivity index (χ2n) is 13.2. The minimum absolute atomic E-state index is 0.0755. The summed E-state index contributed by atoms with van der Waals surface area (Å²) in [7, 11) is 8.17. The van der Waals surface area contributed by atoms with Crippen LogP contribution in [0.25, 0.3) is 0 Å². The van der Waals surface area contributed by atoms with E-state index in [0.29, 0.717) is 37.7 Å². The van der Waals surface area contributed by atoms with Gasteiger partial charge in [0, 0.05) is 38.0 Å². The lowest BCUT2D eigenvalue weighted by atomic mass is 9.83. The second-order valence-corrected chi connectivity index (χ2v) is 13.2. The molecule has 44 heavy (non-hydrogen) atoms. The first-order valence-electron chi connectivity index (χ1n) is 16.2. The maximum atomic E-state index is 13.9. The van der Waals surface area contributed by atoms with E-state index in [9.17, 15) is 14.7 Å². The van der Waals surface area contributed by atoms with Crippen molar-refractivity contribution in [2.45, 2.75) is 57.4 Å². The second kappa shape index (κ2) is 15.6. The average molecular weight is 611 g/mol. The number of aliphatic carboxylic acids is 1. The number of ether oxygens (including phenoxy) is 3. The number of benzene rings is 2. The third kappa shape index (κ3) is 8.88. The highest BCUT2D eigenvalue weighted by atomic mass is 16.5. The zero-order valence-electron chi connectivity index (χ0n) is 27.3. The molecule has 0 bridgehead atoms. The number of rotatable bonds is 17. The summed E-state index contributed by atoms with van der Waals surface area (Å²) in [6.07, 6.45) is 5.28. The summed E-state index contributed by atoms with van der Waals surface area (Å²) in [4.78, 5) is 30.9. The molecule has 4 rings (SSSR count). The number of nitrogens with zero attached hydrogens (tertiary/aromatic N) is 3. The molecule has 2 aromatic rings. The number of carboxylic acids is 1. The zero-order valence-corrected chi connectivity index (χ0v) is 27.3. The maximum Gasteiger partial charge on any atom is 0.308 e. The van der Waals surface area contributed by atoms with Gasteiger partial charge in [-0.25, -0.2) is 0 Å². The number of hydrogen-bond acceptors (Lipinski definition) is 6. The van der Waals surface area contributed by atoms with Crippen molar-refractivity contribution in [2.24, 2.45) is 5.92 Å². The minimum atomic E-state index is -0.841. The topological polar surface area (TPSA) is 88.5 Å². The Bertz CT molecular complexity index is 1250. The number of likely N-dealkylation sites (tertiary alicyclic amines) is 1. The summed E-state index contributed by atoms with van der Waals surface area (Å²) < 4.78 is 18.2. The monoisotopic (exact) mass is 610 g/mol. The van der Waals surface area contributed by atoms with Crippen LogP contribution in [-0.4, -0.2) is 111 Å². The fraction of sp³-hybridized carbons (Fsp3) is 0.600. The molecule has 0 aromatic heterocycles. The number of methoxy groups -OCH3 is 1. The van der Waals surface area contributed by atoms with Gasteiger partial charge in [0.1, 0.15) is 5.75 Å². The normalized spacial score (nSPS) is 19.8. The van der Waals surface area contributed by atoms with Crippen molar-refractivity contribution in [2.75, 3.05) is 74.2 Å². The van der Waals surface area contributed by atoms with E-state index in [0.717, 1.165) is 73.1 Å². The van der Waals surface area contributed by atoms with Gasteiger partial charge in [0.05, 0.1) is 60.5 Å². The number of carbonyl (C=O) groups is 2. The van der Waals surface area contributed by atoms with Crippen LogP contribution in [0.1, 0.15) is 56.1 Å². The summed E-state index contributed by atoms with van der Waals surface area (Å²) in [5.74, 6) is 0.463. The van der Waals surface area contributed by atoms with Crippen LogP contribution in [0.2, 0.25) is 0 Å². The zero-order chi connectivity index (χ0) is 31.7. The Balaban J connectivity index is 1.53. The van der Waals surface area contributed by atoms with E-state index < -0.39 is 11.9 Å². The molecule has 0 aliphatic carbocycles. The van der Waals surface area contributed by atoms with Gasteiger partial charge in [0.15, 0.2) is 11.5 Å². The SMILES string of the molecule is CCCCN(CCCC[N+](C)(C)C)C(=O)CN1C[C@H](c2ccc3c(c2)CCO3)[C@@H](C(=O)O)[C@@H]1CCOc1ccccc1OC. The first kappa shape index (κ1) is 33.6.